The average molecular weight is 246 g/mol. The summed E-state index contributed by atoms with van der Waals surface area (Å²) in [5.74, 6) is -0.913. The molecule has 0 aliphatic carbocycles. The zero-order valence-electron chi connectivity index (χ0n) is 11.1. The van der Waals surface area contributed by atoms with E-state index in [1.54, 1.807) is 18.5 Å². The number of nitrogens with zero attached hydrogens (tertiary/aromatic N) is 2. The summed E-state index contributed by atoms with van der Waals surface area (Å²) in [6, 6.07) is 5.36. The molecular weight excluding hydrogens is 228 g/mol. The molecule has 1 aromatic carbocycles. The number of imidazole rings is 1. The van der Waals surface area contributed by atoms with Gasteiger partial charge in [0.15, 0.2) is 0 Å². The molecule has 1 aromatic heterocycles. The number of para-hydroxylation sites is 1. The van der Waals surface area contributed by atoms with E-state index in [-0.39, 0.29) is 11.5 Å². The Bertz CT molecular complexity index is 593. The van der Waals surface area contributed by atoms with Crippen LogP contribution in [0.2, 0.25) is 0 Å². The van der Waals surface area contributed by atoms with Gasteiger partial charge >= 0.3 is 5.97 Å². The second kappa shape index (κ2) is 4.12. The zero-order chi connectivity index (χ0) is 13.5. The SMILES string of the molecule is CC(n1cnc2cccc(C(=O)O)c21)C(C)(C)C. The Balaban J connectivity index is 2.70. The fourth-order valence-electron chi connectivity index (χ4n) is 1.97. The zero-order valence-corrected chi connectivity index (χ0v) is 11.1. The summed E-state index contributed by atoms with van der Waals surface area (Å²) in [5.41, 5.74) is 1.78. The van der Waals surface area contributed by atoms with E-state index < -0.39 is 5.97 Å². The molecule has 18 heavy (non-hydrogen) atoms. The van der Waals surface area contributed by atoms with Crippen LogP contribution in [0.1, 0.15) is 44.1 Å². The maximum atomic E-state index is 11.3. The van der Waals surface area contributed by atoms with Gasteiger partial charge in [0.25, 0.3) is 0 Å². The Hall–Kier alpha value is -1.84. The van der Waals surface area contributed by atoms with Crippen molar-refractivity contribution in [2.75, 3.05) is 0 Å². The molecule has 1 heterocycles. The van der Waals surface area contributed by atoms with Gasteiger partial charge in [-0.05, 0) is 24.5 Å². The van der Waals surface area contributed by atoms with E-state index in [0.29, 0.717) is 11.1 Å². The predicted molar refractivity (Wildman–Crippen MR) is 70.9 cm³/mol. The second-order valence-electron chi connectivity index (χ2n) is 5.67. The summed E-state index contributed by atoms with van der Waals surface area (Å²) >= 11 is 0. The molecular formula is C14H18N2O2. The molecule has 2 rings (SSSR count). The molecule has 0 spiro atoms. The van der Waals surface area contributed by atoms with Crippen LogP contribution in [0.25, 0.3) is 11.0 Å². The monoisotopic (exact) mass is 246 g/mol. The molecule has 4 heteroatoms. The summed E-state index contributed by atoms with van der Waals surface area (Å²) in [5, 5.41) is 9.27. The molecule has 0 fully saturated rings. The largest absolute Gasteiger partial charge is 0.478 e. The lowest BCUT2D eigenvalue weighted by Gasteiger charge is -2.29. The van der Waals surface area contributed by atoms with Gasteiger partial charge in [-0.25, -0.2) is 9.78 Å². The van der Waals surface area contributed by atoms with Gasteiger partial charge in [0.05, 0.1) is 22.9 Å². The van der Waals surface area contributed by atoms with Gasteiger partial charge in [-0.3, -0.25) is 0 Å². The third-order valence-electron chi connectivity index (χ3n) is 3.50. The number of carboxylic acids is 1. The van der Waals surface area contributed by atoms with E-state index in [1.807, 2.05) is 10.6 Å². The summed E-state index contributed by atoms with van der Waals surface area (Å²) < 4.78 is 1.96. The lowest BCUT2D eigenvalue weighted by atomic mass is 9.87. The van der Waals surface area contributed by atoms with Crippen molar-refractivity contribution in [3.8, 4) is 0 Å². The highest BCUT2D eigenvalue weighted by Gasteiger charge is 2.24. The highest BCUT2D eigenvalue weighted by molar-refractivity contribution is 6.01. The van der Waals surface area contributed by atoms with E-state index in [0.717, 1.165) is 5.52 Å². The molecule has 96 valence electrons. The standard InChI is InChI=1S/C14H18N2O2/c1-9(14(2,3)4)16-8-15-11-7-5-6-10(12(11)16)13(17)18/h5-9H,1-4H3,(H,17,18). The van der Waals surface area contributed by atoms with Crippen molar-refractivity contribution in [3.05, 3.63) is 30.1 Å². The smallest absolute Gasteiger partial charge is 0.337 e. The van der Waals surface area contributed by atoms with Crippen molar-refractivity contribution in [1.29, 1.82) is 0 Å². The number of hydrogen-bond donors (Lipinski definition) is 1. The fourth-order valence-corrected chi connectivity index (χ4v) is 1.97. The molecule has 1 N–H and O–H groups in total. The van der Waals surface area contributed by atoms with Gasteiger partial charge in [0.2, 0.25) is 0 Å². The quantitative estimate of drug-likeness (QED) is 0.884. The first-order chi connectivity index (χ1) is 8.32. The topological polar surface area (TPSA) is 55.1 Å². The number of carbonyl (C=O) groups is 1. The van der Waals surface area contributed by atoms with Crippen LogP contribution in [0, 0.1) is 5.41 Å². The molecule has 0 bridgehead atoms. The van der Waals surface area contributed by atoms with Crippen LogP contribution >= 0.6 is 0 Å². The molecule has 1 atom stereocenters. The van der Waals surface area contributed by atoms with Crippen molar-refractivity contribution in [2.24, 2.45) is 5.41 Å². The molecule has 0 radical (unpaired) electrons. The van der Waals surface area contributed by atoms with Crippen molar-refractivity contribution in [2.45, 2.75) is 33.7 Å². The lowest BCUT2D eigenvalue weighted by Crippen LogP contribution is -2.21. The molecule has 0 saturated heterocycles. The molecule has 1 unspecified atom stereocenters. The van der Waals surface area contributed by atoms with Crippen LogP contribution < -0.4 is 0 Å². The molecule has 0 amide bonds. The molecule has 4 nitrogen and oxygen atoms in total. The van der Waals surface area contributed by atoms with Crippen LogP contribution in [0.5, 0.6) is 0 Å². The Morgan fingerprint density at radius 2 is 2.06 bits per heavy atom. The van der Waals surface area contributed by atoms with Crippen molar-refractivity contribution in [1.82, 2.24) is 9.55 Å². The number of aromatic carboxylic acids is 1. The predicted octanol–water partition coefficient (Wildman–Crippen LogP) is 3.34. The van der Waals surface area contributed by atoms with Gasteiger partial charge in [-0.1, -0.05) is 26.8 Å². The number of aromatic nitrogens is 2. The third kappa shape index (κ3) is 1.98. The fraction of sp³-hybridized carbons (Fsp3) is 0.429. The molecule has 0 aliphatic rings. The number of fused-ring (bicyclic) bond motifs is 1. The number of benzene rings is 1. The summed E-state index contributed by atoms with van der Waals surface area (Å²) in [4.78, 5) is 15.6. The van der Waals surface area contributed by atoms with Gasteiger partial charge in [0.1, 0.15) is 0 Å². The van der Waals surface area contributed by atoms with Crippen LogP contribution in [0.3, 0.4) is 0 Å². The van der Waals surface area contributed by atoms with Gasteiger partial charge < -0.3 is 9.67 Å². The summed E-state index contributed by atoms with van der Waals surface area (Å²) in [6.07, 6.45) is 1.73. The van der Waals surface area contributed by atoms with Crippen LogP contribution in [0.15, 0.2) is 24.5 Å². The maximum Gasteiger partial charge on any atom is 0.337 e. The third-order valence-corrected chi connectivity index (χ3v) is 3.50. The van der Waals surface area contributed by atoms with E-state index in [9.17, 15) is 9.90 Å². The minimum atomic E-state index is -0.913. The summed E-state index contributed by atoms with van der Waals surface area (Å²) in [6.45, 7) is 8.48. The molecule has 0 saturated carbocycles. The van der Waals surface area contributed by atoms with Gasteiger partial charge in [-0.15, -0.1) is 0 Å². The first-order valence-corrected chi connectivity index (χ1v) is 6.01. The van der Waals surface area contributed by atoms with Crippen molar-refractivity contribution < 1.29 is 9.90 Å². The Morgan fingerprint density at radius 1 is 1.39 bits per heavy atom. The number of rotatable bonds is 2. The Morgan fingerprint density at radius 3 is 2.61 bits per heavy atom. The van der Waals surface area contributed by atoms with E-state index in [2.05, 4.69) is 32.7 Å². The first-order valence-electron chi connectivity index (χ1n) is 6.01. The average Bonchev–Trinajstić information content (AvgIpc) is 2.69. The van der Waals surface area contributed by atoms with E-state index in [1.165, 1.54) is 0 Å². The van der Waals surface area contributed by atoms with Gasteiger partial charge in [-0.2, -0.15) is 0 Å². The lowest BCUT2D eigenvalue weighted by molar-refractivity contribution is 0.0698. The second-order valence-corrected chi connectivity index (χ2v) is 5.67. The van der Waals surface area contributed by atoms with E-state index in [4.69, 9.17) is 0 Å². The number of carboxylic acid groups (broad SMARTS) is 1. The highest BCUT2D eigenvalue weighted by atomic mass is 16.4. The van der Waals surface area contributed by atoms with E-state index >= 15 is 0 Å². The Kier molecular flexibility index (Phi) is 2.89. The van der Waals surface area contributed by atoms with Crippen LogP contribution in [0.4, 0.5) is 0 Å². The first kappa shape index (κ1) is 12.6. The minimum Gasteiger partial charge on any atom is -0.478 e. The van der Waals surface area contributed by atoms with Crippen molar-refractivity contribution in [3.63, 3.8) is 0 Å². The van der Waals surface area contributed by atoms with Crippen LogP contribution in [-0.4, -0.2) is 20.6 Å². The number of hydrogen-bond acceptors (Lipinski definition) is 2. The molecule has 0 aliphatic heterocycles. The minimum absolute atomic E-state index is 0.0409. The van der Waals surface area contributed by atoms with Gasteiger partial charge in [0, 0.05) is 6.04 Å². The maximum absolute atomic E-state index is 11.3. The van der Waals surface area contributed by atoms with Crippen molar-refractivity contribution >= 4 is 17.0 Å². The summed E-state index contributed by atoms with van der Waals surface area (Å²) in [7, 11) is 0. The highest BCUT2D eigenvalue weighted by Crippen LogP contribution is 2.33. The molecule has 2 aromatic rings. The van der Waals surface area contributed by atoms with Crippen LogP contribution in [-0.2, 0) is 0 Å². The Labute approximate surface area is 106 Å². The normalized spacial score (nSPS) is 13.8.